The van der Waals surface area contributed by atoms with Gasteiger partial charge in [0.2, 0.25) is 0 Å². The van der Waals surface area contributed by atoms with Crippen molar-refractivity contribution >= 4 is 27.4 Å². The Balaban J connectivity index is 2.81. The van der Waals surface area contributed by atoms with Gasteiger partial charge in [-0.3, -0.25) is 0 Å². The molecule has 2 rings (SSSR count). The van der Waals surface area contributed by atoms with Crippen LogP contribution in [0.25, 0.3) is 10.2 Å². The van der Waals surface area contributed by atoms with Gasteiger partial charge in [-0.05, 0) is 17.9 Å². The van der Waals surface area contributed by atoms with Crippen LogP contribution in [0.3, 0.4) is 0 Å². The maximum atomic E-state index is 5.29. The maximum absolute atomic E-state index is 5.29. The molecule has 2 heterocycles. The highest BCUT2D eigenvalue weighted by Crippen LogP contribution is 2.27. The Bertz CT molecular complexity index is 409. The summed E-state index contributed by atoms with van der Waals surface area (Å²) in [5, 5.41) is 2.04. The minimum atomic E-state index is 0.693. The summed E-state index contributed by atoms with van der Waals surface area (Å²) in [4.78, 5) is 8.16. The van der Waals surface area contributed by atoms with E-state index in [0.29, 0.717) is 5.82 Å². The number of aromatic nitrogens is 2. The zero-order valence-electron chi connectivity index (χ0n) is 6.53. The molecule has 4 nitrogen and oxygen atoms in total. The fourth-order valence-corrected chi connectivity index (χ4v) is 2.03. The Hall–Kier alpha value is -1.20. The molecule has 0 bridgehead atoms. The lowest BCUT2D eigenvalue weighted by atomic mass is 10.3. The average Bonchev–Trinajstić information content (AvgIpc) is 2.48. The van der Waals surface area contributed by atoms with Crippen LogP contribution in [-0.4, -0.2) is 9.97 Å². The highest BCUT2D eigenvalue weighted by atomic mass is 32.1. The van der Waals surface area contributed by atoms with Crippen molar-refractivity contribution in [1.29, 1.82) is 0 Å². The van der Waals surface area contributed by atoms with Gasteiger partial charge in [0.1, 0.15) is 6.33 Å². The number of hydrogen-bond donors (Lipinski definition) is 2. The monoisotopic (exact) mass is 180 g/mol. The molecule has 0 aliphatic heterocycles. The predicted molar refractivity (Wildman–Crippen MR) is 50.0 cm³/mol. The molecule has 0 aromatic carbocycles. The minimum absolute atomic E-state index is 0.693. The van der Waals surface area contributed by atoms with Crippen LogP contribution in [0.2, 0.25) is 0 Å². The van der Waals surface area contributed by atoms with Gasteiger partial charge < -0.3 is 5.43 Å². The molecule has 5 heteroatoms. The fraction of sp³-hybridized carbons (Fsp3) is 0.143. The topological polar surface area (TPSA) is 63.8 Å². The standard InChI is InChI=1S/C7H8N4S/c1-4-2-12-6-5(4)9-3-10-7(6)11-8/h2-3H,8H2,1H3,(H,9,10,11). The average molecular weight is 180 g/mol. The van der Waals surface area contributed by atoms with Crippen molar-refractivity contribution in [2.24, 2.45) is 5.84 Å². The first-order chi connectivity index (χ1) is 5.83. The molecule has 0 unspecified atom stereocenters. The predicted octanol–water partition coefficient (Wildman–Crippen LogP) is 1.29. The van der Waals surface area contributed by atoms with Gasteiger partial charge >= 0.3 is 0 Å². The molecule has 0 spiro atoms. The molecule has 0 atom stereocenters. The van der Waals surface area contributed by atoms with Crippen LogP contribution in [0.4, 0.5) is 5.82 Å². The smallest absolute Gasteiger partial charge is 0.161 e. The molecule has 0 aliphatic carbocycles. The molecule has 2 aromatic heterocycles. The van der Waals surface area contributed by atoms with Crippen molar-refractivity contribution in [3.63, 3.8) is 0 Å². The molecule has 2 aromatic rings. The van der Waals surface area contributed by atoms with Gasteiger partial charge in [-0.1, -0.05) is 0 Å². The van der Waals surface area contributed by atoms with Gasteiger partial charge in [0, 0.05) is 0 Å². The van der Waals surface area contributed by atoms with Gasteiger partial charge in [-0.25, -0.2) is 15.8 Å². The first-order valence-corrected chi connectivity index (χ1v) is 4.36. The van der Waals surface area contributed by atoms with E-state index in [1.165, 1.54) is 6.33 Å². The van der Waals surface area contributed by atoms with Crippen molar-refractivity contribution in [3.05, 3.63) is 17.3 Å². The number of nitrogens with zero attached hydrogens (tertiary/aromatic N) is 2. The summed E-state index contributed by atoms with van der Waals surface area (Å²) in [6.45, 7) is 2.02. The van der Waals surface area contributed by atoms with E-state index < -0.39 is 0 Å². The SMILES string of the molecule is Cc1csc2c(NN)ncnc12. The first kappa shape index (κ1) is 7.45. The summed E-state index contributed by atoms with van der Waals surface area (Å²) in [5.74, 6) is 5.98. The second kappa shape index (κ2) is 2.69. The van der Waals surface area contributed by atoms with E-state index in [0.717, 1.165) is 15.8 Å². The van der Waals surface area contributed by atoms with E-state index in [9.17, 15) is 0 Å². The van der Waals surface area contributed by atoms with E-state index in [1.54, 1.807) is 11.3 Å². The molecule has 12 heavy (non-hydrogen) atoms. The Morgan fingerprint density at radius 1 is 1.50 bits per heavy atom. The van der Waals surface area contributed by atoms with Crippen LogP contribution in [0, 0.1) is 6.92 Å². The maximum Gasteiger partial charge on any atom is 0.161 e. The number of aryl methyl sites for hydroxylation is 1. The van der Waals surface area contributed by atoms with Gasteiger partial charge in [-0.15, -0.1) is 11.3 Å². The lowest BCUT2D eigenvalue weighted by molar-refractivity contribution is 1.18. The molecular weight excluding hydrogens is 172 g/mol. The van der Waals surface area contributed by atoms with Crippen LogP contribution in [-0.2, 0) is 0 Å². The Morgan fingerprint density at radius 2 is 2.33 bits per heavy atom. The third kappa shape index (κ3) is 0.945. The summed E-state index contributed by atoms with van der Waals surface area (Å²) >= 11 is 1.60. The number of thiophene rings is 1. The lowest BCUT2D eigenvalue weighted by Crippen LogP contribution is -2.08. The molecule has 0 amide bonds. The number of hydrazine groups is 1. The Morgan fingerprint density at radius 3 is 3.08 bits per heavy atom. The molecule has 0 saturated carbocycles. The number of hydrogen-bond acceptors (Lipinski definition) is 5. The van der Waals surface area contributed by atoms with E-state index in [1.807, 2.05) is 12.3 Å². The lowest BCUT2D eigenvalue weighted by Gasteiger charge is -1.98. The summed E-state index contributed by atoms with van der Waals surface area (Å²) in [5.41, 5.74) is 4.68. The largest absolute Gasteiger partial charge is 0.307 e. The van der Waals surface area contributed by atoms with Gasteiger partial charge in [0.15, 0.2) is 5.82 Å². The van der Waals surface area contributed by atoms with Crippen molar-refractivity contribution in [1.82, 2.24) is 9.97 Å². The number of rotatable bonds is 1. The third-order valence-corrected chi connectivity index (χ3v) is 2.76. The molecule has 0 radical (unpaired) electrons. The van der Waals surface area contributed by atoms with E-state index >= 15 is 0 Å². The Kier molecular flexibility index (Phi) is 1.67. The molecular formula is C7H8N4S. The van der Waals surface area contributed by atoms with Crippen molar-refractivity contribution < 1.29 is 0 Å². The van der Waals surface area contributed by atoms with Crippen molar-refractivity contribution in [3.8, 4) is 0 Å². The van der Waals surface area contributed by atoms with Crippen LogP contribution in [0.15, 0.2) is 11.7 Å². The van der Waals surface area contributed by atoms with Crippen LogP contribution >= 0.6 is 11.3 Å². The summed E-state index contributed by atoms with van der Waals surface area (Å²) in [7, 11) is 0. The number of anilines is 1. The zero-order chi connectivity index (χ0) is 8.55. The van der Waals surface area contributed by atoms with E-state index in [-0.39, 0.29) is 0 Å². The highest BCUT2D eigenvalue weighted by molar-refractivity contribution is 7.17. The van der Waals surface area contributed by atoms with Crippen LogP contribution in [0.5, 0.6) is 0 Å². The number of nitrogens with two attached hydrogens (primary N) is 1. The first-order valence-electron chi connectivity index (χ1n) is 3.48. The molecule has 0 aliphatic rings. The second-order valence-corrected chi connectivity index (χ2v) is 3.34. The van der Waals surface area contributed by atoms with Gasteiger partial charge in [0.05, 0.1) is 10.2 Å². The highest BCUT2D eigenvalue weighted by Gasteiger charge is 2.05. The molecule has 0 fully saturated rings. The third-order valence-electron chi connectivity index (χ3n) is 1.67. The Labute approximate surface area is 73.4 Å². The van der Waals surface area contributed by atoms with Crippen molar-refractivity contribution in [2.45, 2.75) is 6.92 Å². The summed E-state index contributed by atoms with van der Waals surface area (Å²) in [6, 6.07) is 0. The van der Waals surface area contributed by atoms with Crippen LogP contribution in [0.1, 0.15) is 5.56 Å². The van der Waals surface area contributed by atoms with E-state index in [4.69, 9.17) is 5.84 Å². The number of nitrogens with one attached hydrogen (secondary N) is 1. The molecule has 62 valence electrons. The number of nitrogen functional groups attached to an aromatic ring is 1. The van der Waals surface area contributed by atoms with Crippen LogP contribution < -0.4 is 11.3 Å². The quantitative estimate of drug-likeness (QED) is 0.512. The minimum Gasteiger partial charge on any atom is -0.307 e. The normalized spacial score (nSPS) is 10.5. The second-order valence-electron chi connectivity index (χ2n) is 2.46. The van der Waals surface area contributed by atoms with Gasteiger partial charge in [0.25, 0.3) is 0 Å². The zero-order valence-corrected chi connectivity index (χ0v) is 7.35. The number of fused-ring (bicyclic) bond motifs is 1. The summed E-state index contributed by atoms with van der Waals surface area (Å²) < 4.78 is 1.01. The molecule has 0 saturated heterocycles. The molecule has 3 N–H and O–H groups in total. The van der Waals surface area contributed by atoms with Gasteiger partial charge in [-0.2, -0.15) is 0 Å². The van der Waals surface area contributed by atoms with E-state index in [2.05, 4.69) is 15.4 Å². The summed E-state index contributed by atoms with van der Waals surface area (Å²) in [6.07, 6.45) is 1.51. The fourth-order valence-electron chi connectivity index (χ4n) is 1.07. The van der Waals surface area contributed by atoms with Crippen molar-refractivity contribution in [2.75, 3.05) is 5.43 Å².